The standard InChI is InChI=1S/C17H30O4/c1-3-5-7-9-11-14(12-10-8-6-4-2)15(17(20)21)13-16(18)19/h13-14H,3-12H2,1-2H3,(H,18,19)(H,20,21)/b15-13-. The van der Waals surface area contributed by atoms with Gasteiger partial charge in [0.1, 0.15) is 0 Å². The smallest absolute Gasteiger partial charge is 0.332 e. The molecule has 122 valence electrons. The summed E-state index contributed by atoms with van der Waals surface area (Å²) in [5.41, 5.74) is 0.0653. The summed E-state index contributed by atoms with van der Waals surface area (Å²) in [6.07, 6.45) is 11.1. The minimum absolute atomic E-state index is 0.0653. The zero-order valence-corrected chi connectivity index (χ0v) is 13.4. The predicted molar refractivity (Wildman–Crippen MR) is 84.4 cm³/mol. The van der Waals surface area contributed by atoms with Crippen molar-refractivity contribution in [2.45, 2.75) is 78.1 Å². The van der Waals surface area contributed by atoms with Gasteiger partial charge in [0.25, 0.3) is 0 Å². The molecule has 0 atom stereocenters. The molecule has 0 bridgehead atoms. The van der Waals surface area contributed by atoms with Crippen molar-refractivity contribution in [1.82, 2.24) is 0 Å². The van der Waals surface area contributed by atoms with Gasteiger partial charge in [0, 0.05) is 11.6 Å². The monoisotopic (exact) mass is 298 g/mol. The summed E-state index contributed by atoms with van der Waals surface area (Å²) in [5, 5.41) is 18.1. The lowest BCUT2D eigenvalue weighted by Crippen LogP contribution is -2.15. The van der Waals surface area contributed by atoms with Crippen LogP contribution in [0.2, 0.25) is 0 Å². The average Bonchev–Trinajstić information content (AvgIpc) is 2.43. The summed E-state index contributed by atoms with van der Waals surface area (Å²) < 4.78 is 0. The number of rotatable bonds is 13. The fourth-order valence-corrected chi connectivity index (χ4v) is 2.58. The van der Waals surface area contributed by atoms with Crippen molar-refractivity contribution in [2.75, 3.05) is 0 Å². The van der Waals surface area contributed by atoms with Gasteiger partial charge >= 0.3 is 11.9 Å². The third-order valence-corrected chi connectivity index (χ3v) is 3.78. The normalized spacial score (nSPS) is 11.9. The maximum Gasteiger partial charge on any atom is 0.332 e. The van der Waals surface area contributed by atoms with Crippen LogP contribution in [0.1, 0.15) is 78.1 Å². The van der Waals surface area contributed by atoms with Crippen LogP contribution in [-0.4, -0.2) is 22.2 Å². The van der Waals surface area contributed by atoms with Crippen LogP contribution in [0.25, 0.3) is 0 Å². The summed E-state index contributed by atoms with van der Waals surface area (Å²) in [6.45, 7) is 4.27. The molecule has 0 fully saturated rings. The number of hydrogen-bond donors (Lipinski definition) is 2. The molecule has 4 nitrogen and oxygen atoms in total. The van der Waals surface area contributed by atoms with Crippen molar-refractivity contribution >= 4 is 11.9 Å². The molecular weight excluding hydrogens is 268 g/mol. The van der Waals surface area contributed by atoms with Crippen molar-refractivity contribution in [2.24, 2.45) is 5.92 Å². The topological polar surface area (TPSA) is 74.6 Å². The van der Waals surface area contributed by atoms with Gasteiger partial charge in [-0.05, 0) is 18.8 Å². The maximum absolute atomic E-state index is 11.3. The van der Waals surface area contributed by atoms with Crippen molar-refractivity contribution in [1.29, 1.82) is 0 Å². The van der Waals surface area contributed by atoms with Gasteiger partial charge in [0.15, 0.2) is 0 Å². The van der Waals surface area contributed by atoms with Crippen LogP contribution in [0, 0.1) is 5.92 Å². The van der Waals surface area contributed by atoms with Crippen LogP contribution >= 0.6 is 0 Å². The molecule has 0 aromatic carbocycles. The Morgan fingerprint density at radius 2 is 1.33 bits per heavy atom. The highest BCUT2D eigenvalue weighted by molar-refractivity contribution is 5.95. The van der Waals surface area contributed by atoms with Gasteiger partial charge in [-0.3, -0.25) is 0 Å². The van der Waals surface area contributed by atoms with Crippen LogP contribution < -0.4 is 0 Å². The third-order valence-electron chi connectivity index (χ3n) is 3.78. The molecule has 0 saturated carbocycles. The number of hydrogen-bond acceptors (Lipinski definition) is 2. The highest BCUT2D eigenvalue weighted by atomic mass is 16.4. The molecule has 0 saturated heterocycles. The fourth-order valence-electron chi connectivity index (χ4n) is 2.58. The lowest BCUT2D eigenvalue weighted by molar-refractivity contribution is -0.135. The van der Waals surface area contributed by atoms with Gasteiger partial charge in [0.05, 0.1) is 0 Å². The molecule has 0 aromatic rings. The van der Waals surface area contributed by atoms with Crippen molar-refractivity contribution in [3.05, 3.63) is 11.6 Å². The highest BCUT2D eigenvalue weighted by Gasteiger charge is 2.21. The quantitative estimate of drug-likeness (QED) is 0.384. The van der Waals surface area contributed by atoms with Gasteiger partial charge in [-0.1, -0.05) is 65.2 Å². The molecule has 0 aromatic heterocycles. The average molecular weight is 298 g/mol. The van der Waals surface area contributed by atoms with Crippen LogP contribution in [0.15, 0.2) is 11.6 Å². The summed E-state index contributed by atoms with van der Waals surface area (Å²) in [7, 11) is 0. The van der Waals surface area contributed by atoms with Crippen molar-refractivity contribution < 1.29 is 19.8 Å². The summed E-state index contributed by atoms with van der Waals surface area (Å²) in [6, 6.07) is 0. The molecule has 0 aliphatic heterocycles. The zero-order valence-electron chi connectivity index (χ0n) is 13.4. The molecule has 2 N–H and O–H groups in total. The number of carbonyl (C=O) groups is 2. The van der Waals surface area contributed by atoms with Gasteiger partial charge in [0.2, 0.25) is 0 Å². The van der Waals surface area contributed by atoms with Gasteiger partial charge in [-0.15, -0.1) is 0 Å². The van der Waals surface area contributed by atoms with E-state index in [1.165, 1.54) is 0 Å². The van der Waals surface area contributed by atoms with E-state index in [1.807, 2.05) is 0 Å². The van der Waals surface area contributed by atoms with E-state index >= 15 is 0 Å². The first-order valence-corrected chi connectivity index (χ1v) is 8.20. The summed E-state index contributed by atoms with van der Waals surface area (Å²) in [5.74, 6) is -2.39. The molecule has 0 aliphatic rings. The Labute approximate surface area is 128 Å². The Kier molecular flexibility index (Phi) is 11.6. The second-order valence-electron chi connectivity index (χ2n) is 5.64. The van der Waals surface area contributed by atoms with E-state index in [0.29, 0.717) is 0 Å². The minimum atomic E-state index is -1.17. The first-order chi connectivity index (χ1) is 10.0. The highest BCUT2D eigenvalue weighted by Crippen LogP contribution is 2.25. The Morgan fingerprint density at radius 3 is 1.67 bits per heavy atom. The number of carboxylic acids is 2. The van der Waals surface area contributed by atoms with Crippen LogP contribution in [0.3, 0.4) is 0 Å². The zero-order chi connectivity index (χ0) is 16.1. The third kappa shape index (κ3) is 10.1. The number of unbranched alkanes of at least 4 members (excludes halogenated alkanes) is 6. The van der Waals surface area contributed by atoms with Gasteiger partial charge in [-0.25, -0.2) is 9.59 Å². The minimum Gasteiger partial charge on any atom is -0.478 e. The van der Waals surface area contributed by atoms with Crippen LogP contribution in [0.5, 0.6) is 0 Å². The molecule has 0 aliphatic carbocycles. The Hall–Kier alpha value is -1.32. The first kappa shape index (κ1) is 19.7. The predicted octanol–water partition coefficient (Wildman–Crippen LogP) is 4.64. The molecule has 0 amide bonds. The fraction of sp³-hybridized carbons (Fsp3) is 0.765. The summed E-state index contributed by atoms with van der Waals surface area (Å²) >= 11 is 0. The lowest BCUT2D eigenvalue weighted by Gasteiger charge is -2.17. The van der Waals surface area contributed by atoms with Crippen molar-refractivity contribution in [3.63, 3.8) is 0 Å². The van der Waals surface area contributed by atoms with Gasteiger partial charge in [-0.2, -0.15) is 0 Å². The Bertz CT molecular complexity index is 322. The van der Waals surface area contributed by atoms with Crippen LogP contribution in [-0.2, 0) is 9.59 Å². The molecule has 0 radical (unpaired) electrons. The Morgan fingerprint density at radius 1 is 0.857 bits per heavy atom. The molecule has 0 spiro atoms. The van der Waals surface area contributed by atoms with E-state index in [0.717, 1.165) is 70.3 Å². The second-order valence-corrected chi connectivity index (χ2v) is 5.64. The Balaban J connectivity index is 4.64. The van der Waals surface area contributed by atoms with Gasteiger partial charge < -0.3 is 10.2 Å². The largest absolute Gasteiger partial charge is 0.478 e. The number of carboxylic acid groups (broad SMARTS) is 2. The van der Waals surface area contributed by atoms with E-state index < -0.39 is 11.9 Å². The molecule has 0 unspecified atom stereocenters. The SMILES string of the molecule is CCCCCCC(CCCCCC)/C(=C/C(=O)O)C(=O)O. The first-order valence-electron chi connectivity index (χ1n) is 8.20. The van der Waals surface area contributed by atoms with E-state index in [-0.39, 0.29) is 11.5 Å². The van der Waals surface area contributed by atoms with Crippen molar-refractivity contribution in [3.8, 4) is 0 Å². The van der Waals surface area contributed by atoms with E-state index in [9.17, 15) is 14.7 Å². The molecule has 21 heavy (non-hydrogen) atoms. The number of aliphatic carboxylic acids is 2. The van der Waals surface area contributed by atoms with E-state index in [1.54, 1.807) is 0 Å². The lowest BCUT2D eigenvalue weighted by atomic mass is 9.87. The molecule has 4 heteroatoms. The second kappa shape index (κ2) is 12.4. The summed E-state index contributed by atoms with van der Waals surface area (Å²) in [4.78, 5) is 22.2. The van der Waals surface area contributed by atoms with Crippen LogP contribution in [0.4, 0.5) is 0 Å². The van der Waals surface area contributed by atoms with E-state index in [4.69, 9.17) is 5.11 Å². The molecule has 0 rings (SSSR count). The molecule has 0 heterocycles. The molecular formula is C17H30O4. The van der Waals surface area contributed by atoms with E-state index in [2.05, 4.69) is 13.8 Å². The maximum atomic E-state index is 11.3.